The third kappa shape index (κ3) is 5.80. The van der Waals surface area contributed by atoms with Crippen LogP contribution in [0.3, 0.4) is 0 Å². The largest absolute Gasteiger partial charge is 0.377 e. The molecule has 0 bridgehead atoms. The maximum absolute atomic E-state index is 6.11. The van der Waals surface area contributed by atoms with Gasteiger partial charge in [0.1, 0.15) is 0 Å². The van der Waals surface area contributed by atoms with Gasteiger partial charge in [0.25, 0.3) is 0 Å². The minimum atomic E-state index is -0.220. The Morgan fingerprint density at radius 3 is 2.57 bits per heavy atom. The summed E-state index contributed by atoms with van der Waals surface area (Å²) in [5.74, 6) is 0.804. The van der Waals surface area contributed by atoms with E-state index in [1.165, 1.54) is 18.4 Å². The number of nitrogens with zero attached hydrogens (tertiary/aromatic N) is 1. The summed E-state index contributed by atoms with van der Waals surface area (Å²) in [5, 5.41) is 7.54. The van der Waals surface area contributed by atoms with Gasteiger partial charge in [-0.1, -0.05) is 23.7 Å². The van der Waals surface area contributed by atoms with Crippen molar-refractivity contribution in [1.29, 1.82) is 0 Å². The lowest BCUT2D eigenvalue weighted by Gasteiger charge is -2.25. The third-order valence-electron chi connectivity index (χ3n) is 4.34. The Morgan fingerprint density at radius 2 is 2.04 bits per heavy atom. The molecule has 1 saturated carbocycles. The summed E-state index contributed by atoms with van der Waals surface area (Å²) >= 11 is 6.11. The first-order valence-corrected chi connectivity index (χ1v) is 8.04. The van der Waals surface area contributed by atoms with E-state index < -0.39 is 0 Å². The van der Waals surface area contributed by atoms with Crippen LogP contribution in [0.15, 0.2) is 29.3 Å². The smallest absolute Gasteiger partial charge is 0.191 e. The van der Waals surface area contributed by atoms with Crippen LogP contribution in [0.25, 0.3) is 0 Å². The van der Waals surface area contributed by atoms with Crippen LogP contribution in [0.2, 0.25) is 5.02 Å². The number of rotatable bonds is 6. The Labute approximate surface area is 161 Å². The van der Waals surface area contributed by atoms with E-state index in [-0.39, 0.29) is 35.0 Å². The van der Waals surface area contributed by atoms with E-state index in [1.807, 2.05) is 26.0 Å². The molecule has 1 aliphatic carbocycles. The molecule has 0 aliphatic heterocycles. The first kappa shape index (κ1) is 20.5. The summed E-state index contributed by atoms with van der Waals surface area (Å²) in [5.41, 5.74) is 1.28. The van der Waals surface area contributed by atoms with Crippen molar-refractivity contribution in [3.63, 3.8) is 0 Å². The highest BCUT2D eigenvalue weighted by atomic mass is 127. The molecule has 4 nitrogen and oxygen atoms in total. The molecule has 1 fully saturated rings. The lowest BCUT2D eigenvalue weighted by Crippen LogP contribution is -2.47. The highest BCUT2D eigenvalue weighted by Crippen LogP contribution is 2.48. The number of methoxy groups -OCH3 is 1. The summed E-state index contributed by atoms with van der Waals surface area (Å²) < 4.78 is 5.41. The van der Waals surface area contributed by atoms with Gasteiger partial charge in [-0.2, -0.15) is 0 Å². The molecule has 1 aromatic rings. The topological polar surface area (TPSA) is 45.7 Å². The van der Waals surface area contributed by atoms with Gasteiger partial charge in [0.05, 0.1) is 5.60 Å². The van der Waals surface area contributed by atoms with Crippen LogP contribution in [0.1, 0.15) is 32.3 Å². The van der Waals surface area contributed by atoms with E-state index in [4.69, 9.17) is 16.3 Å². The van der Waals surface area contributed by atoms with Gasteiger partial charge in [-0.05, 0) is 44.4 Å². The molecule has 2 rings (SSSR count). The second kappa shape index (κ2) is 8.53. The predicted octanol–water partition coefficient (Wildman–Crippen LogP) is 3.58. The molecule has 0 radical (unpaired) electrons. The molecule has 23 heavy (non-hydrogen) atoms. The molecule has 0 unspecified atom stereocenters. The number of hydrogen-bond donors (Lipinski definition) is 2. The lowest BCUT2D eigenvalue weighted by atomic mass is 9.96. The number of nitrogens with one attached hydrogen (secondary N) is 2. The number of aliphatic imine (C=N–C) groups is 1. The highest BCUT2D eigenvalue weighted by molar-refractivity contribution is 14.0. The van der Waals surface area contributed by atoms with Gasteiger partial charge in [0.2, 0.25) is 0 Å². The molecular weight excluding hydrogens is 425 g/mol. The molecule has 2 N–H and O–H groups in total. The molecular formula is C17H27ClIN3O. The van der Waals surface area contributed by atoms with Crippen LogP contribution in [-0.2, 0) is 10.2 Å². The average Bonchev–Trinajstić information content (AvgIpc) is 3.29. The van der Waals surface area contributed by atoms with Gasteiger partial charge in [-0.15, -0.1) is 24.0 Å². The van der Waals surface area contributed by atoms with Crippen LogP contribution < -0.4 is 10.6 Å². The van der Waals surface area contributed by atoms with Crippen molar-refractivity contribution in [3.05, 3.63) is 34.9 Å². The Morgan fingerprint density at radius 1 is 1.35 bits per heavy atom. The van der Waals surface area contributed by atoms with Crippen LogP contribution >= 0.6 is 35.6 Å². The van der Waals surface area contributed by atoms with E-state index in [2.05, 4.69) is 27.8 Å². The number of ether oxygens (including phenoxy) is 1. The van der Waals surface area contributed by atoms with E-state index in [0.29, 0.717) is 6.54 Å². The normalized spacial score (nSPS) is 16.5. The molecule has 1 aromatic carbocycles. The summed E-state index contributed by atoms with van der Waals surface area (Å²) in [4.78, 5) is 4.28. The molecule has 0 saturated heterocycles. The second-order valence-corrected chi connectivity index (χ2v) is 6.97. The fourth-order valence-corrected chi connectivity index (χ4v) is 2.57. The number of guanidine groups is 1. The zero-order chi connectivity index (χ0) is 16.2. The van der Waals surface area contributed by atoms with Crippen LogP contribution in [0, 0.1) is 0 Å². The Bertz CT molecular complexity index is 544. The van der Waals surface area contributed by atoms with Crippen molar-refractivity contribution in [2.45, 2.75) is 37.7 Å². The summed E-state index contributed by atoms with van der Waals surface area (Å²) in [7, 11) is 3.50. The van der Waals surface area contributed by atoms with Gasteiger partial charge in [0, 0.05) is 37.7 Å². The Kier molecular flexibility index (Phi) is 7.61. The molecule has 0 amide bonds. The van der Waals surface area contributed by atoms with Crippen LogP contribution in [0.5, 0.6) is 0 Å². The molecule has 0 aromatic heterocycles. The van der Waals surface area contributed by atoms with Gasteiger partial charge < -0.3 is 15.4 Å². The summed E-state index contributed by atoms with van der Waals surface area (Å²) in [6.45, 7) is 5.65. The number of halogens is 2. The van der Waals surface area contributed by atoms with Crippen molar-refractivity contribution < 1.29 is 4.74 Å². The van der Waals surface area contributed by atoms with Crippen molar-refractivity contribution in [1.82, 2.24) is 10.6 Å². The second-order valence-electron chi connectivity index (χ2n) is 6.53. The molecule has 0 spiro atoms. The summed E-state index contributed by atoms with van der Waals surface area (Å²) in [6.07, 6.45) is 2.36. The maximum atomic E-state index is 6.11. The fourth-order valence-electron chi connectivity index (χ4n) is 2.38. The SMILES string of the molecule is CN=C(NCC(C)(C)OC)NCC1(c2cccc(Cl)c2)CC1.I. The van der Waals surface area contributed by atoms with Gasteiger partial charge >= 0.3 is 0 Å². The van der Waals surface area contributed by atoms with E-state index in [9.17, 15) is 0 Å². The minimum absolute atomic E-state index is 0. The third-order valence-corrected chi connectivity index (χ3v) is 4.58. The Balaban J connectivity index is 0.00000264. The average molecular weight is 452 g/mol. The molecule has 1 aliphatic rings. The molecule has 6 heteroatoms. The van der Waals surface area contributed by atoms with Crippen molar-refractivity contribution in [2.75, 3.05) is 27.2 Å². The van der Waals surface area contributed by atoms with Crippen molar-refractivity contribution in [2.24, 2.45) is 4.99 Å². The van der Waals surface area contributed by atoms with Crippen molar-refractivity contribution >= 4 is 41.5 Å². The molecule has 0 heterocycles. The predicted molar refractivity (Wildman–Crippen MR) is 108 cm³/mol. The van der Waals surface area contributed by atoms with Crippen molar-refractivity contribution in [3.8, 4) is 0 Å². The lowest BCUT2D eigenvalue weighted by molar-refractivity contribution is 0.0268. The van der Waals surface area contributed by atoms with Crippen LogP contribution in [-0.4, -0.2) is 38.8 Å². The monoisotopic (exact) mass is 451 g/mol. The van der Waals surface area contributed by atoms with E-state index in [1.54, 1.807) is 14.2 Å². The Hall–Kier alpha value is -0.530. The zero-order valence-corrected chi connectivity index (χ0v) is 17.4. The highest BCUT2D eigenvalue weighted by Gasteiger charge is 2.44. The molecule has 0 atom stereocenters. The molecule has 130 valence electrons. The first-order chi connectivity index (χ1) is 10.4. The first-order valence-electron chi connectivity index (χ1n) is 7.66. The minimum Gasteiger partial charge on any atom is -0.377 e. The van der Waals surface area contributed by atoms with Gasteiger partial charge in [0.15, 0.2) is 5.96 Å². The van der Waals surface area contributed by atoms with E-state index >= 15 is 0 Å². The van der Waals surface area contributed by atoms with Crippen LogP contribution in [0.4, 0.5) is 0 Å². The summed E-state index contributed by atoms with van der Waals surface area (Å²) in [6, 6.07) is 8.17. The maximum Gasteiger partial charge on any atom is 0.191 e. The fraction of sp³-hybridized carbons (Fsp3) is 0.588. The van der Waals surface area contributed by atoms with E-state index in [0.717, 1.165) is 17.5 Å². The number of hydrogen-bond acceptors (Lipinski definition) is 2. The zero-order valence-electron chi connectivity index (χ0n) is 14.3. The number of benzene rings is 1. The standard InChI is InChI=1S/C17H26ClN3O.HI/c1-16(2,22-4)11-20-15(19-3)21-12-17(8-9-17)13-6-5-7-14(18)10-13;/h5-7,10H,8-9,11-12H2,1-4H3,(H2,19,20,21);1H. The quantitative estimate of drug-likeness (QED) is 0.395. The van der Waals surface area contributed by atoms with Gasteiger partial charge in [-0.3, -0.25) is 4.99 Å². The van der Waals surface area contributed by atoms with Gasteiger partial charge in [-0.25, -0.2) is 0 Å².